The molecule has 140 valence electrons. The molecule has 8 heteroatoms. The Balaban J connectivity index is 1.29. The summed E-state index contributed by atoms with van der Waals surface area (Å²) < 4.78 is 5.38. The number of nitrogens with zero attached hydrogens (tertiary/aromatic N) is 4. The van der Waals surface area contributed by atoms with Gasteiger partial charge in [-0.05, 0) is 46.7 Å². The molecule has 1 aliphatic heterocycles. The minimum Gasteiger partial charge on any atom is -0.340 e. The van der Waals surface area contributed by atoms with Crippen LogP contribution >= 0.6 is 22.9 Å². The summed E-state index contributed by atoms with van der Waals surface area (Å²) in [5.41, 5.74) is 1.96. The zero-order chi connectivity index (χ0) is 18.6. The van der Waals surface area contributed by atoms with E-state index in [1.807, 2.05) is 33.9 Å². The number of thiophene rings is 1. The number of aromatic nitrogens is 2. The smallest absolute Gasteiger partial charge is 0.241 e. The van der Waals surface area contributed by atoms with Gasteiger partial charge in [0.05, 0.1) is 13.0 Å². The van der Waals surface area contributed by atoms with Crippen LogP contribution in [-0.4, -0.2) is 52.0 Å². The molecule has 0 N–H and O–H groups in total. The fraction of sp³-hybridized carbons (Fsp3) is 0.316. The third-order valence-corrected chi connectivity index (χ3v) is 5.57. The van der Waals surface area contributed by atoms with Gasteiger partial charge < -0.3 is 9.42 Å². The van der Waals surface area contributed by atoms with E-state index >= 15 is 0 Å². The van der Waals surface area contributed by atoms with Crippen LogP contribution in [0.5, 0.6) is 0 Å². The number of amides is 1. The SMILES string of the molecule is O=C(Cc1ccsc1)N1CCN(Cc2nc(-c3ccc(Cl)cc3)no2)CC1. The summed E-state index contributed by atoms with van der Waals surface area (Å²) in [6.07, 6.45) is 0.484. The molecule has 3 heterocycles. The molecule has 6 nitrogen and oxygen atoms in total. The van der Waals surface area contributed by atoms with Gasteiger partial charge in [-0.3, -0.25) is 9.69 Å². The highest BCUT2D eigenvalue weighted by Gasteiger charge is 2.22. The average molecular weight is 403 g/mol. The van der Waals surface area contributed by atoms with Gasteiger partial charge in [0.15, 0.2) is 0 Å². The highest BCUT2D eigenvalue weighted by molar-refractivity contribution is 7.08. The number of halogens is 1. The zero-order valence-corrected chi connectivity index (χ0v) is 16.2. The highest BCUT2D eigenvalue weighted by atomic mass is 35.5. The van der Waals surface area contributed by atoms with Gasteiger partial charge in [-0.1, -0.05) is 16.8 Å². The van der Waals surface area contributed by atoms with Crippen LogP contribution in [0.25, 0.3) is 11.4 Å². The predicted octanol–water partition coefficient (Wildman–Crippen LogP) is 3.34. The van der Waals surface area contributed by atoms with Crippen LogP contribution in [0.15, 0.2) is 45.6 Å². The van der Waals surface area contributed by atoms with Crippen LogP contribution < -0.4 is 0 Å². The molecule has 1 fully saturated rings. The van der Waals surface area contributed by atoms with E-state index in [0.717, 1.165) is 37.3 Å². The summed E-state index contributed by atoms with van der Waals surface area (Å²) >= 11 is 7.53. The van der Waals surface area contributed by atoms with Crippen LogP contribution in [0.3, 0.4) is 0 Å². The van der Waals surface area contributed by atoms with Crippen molar-refractivity contribution >= 4 is 28.8 Å². The summed E-state index contributed by atoms with van der Waals surface area (Å²) in [6.45, 7) is 3.64. The van der Waals surface area contributed by atoms with Crippen LogP contribution in [-0.2, 0) is 17.8 Å². The van der Waals surface area contributed by atoms with Crippen molar-refractivity contribution in [2.45, 2.75) is 13.0 Å². The van der Waals surface area contributed by atoms with Crippen molar-refractivity contribution < 1.29 is 9.32 Å². The Morgan fingerprint density at radius 2 is 1.93 bits per heavy atom. The molecule has 0 aliphatic carbocycles. The van der Waals surface area contributed by atoms with Gasteiger partial charge in [-0.25, -0.2) is 0 Å². The molecule has 3 aromatic rings. The quantitative estimate of drug-likeness (QED) is 0.655. The molecule has 0 unspecified atom stereocenters. The second-order valence-corrected chi connectivity index (χ2v) is 7.70. The predicted molar refractivity (Wildman–Crippen MR) is 105 cm³/mol. The van der Waals surface area contributed by atoms with Crippen molar-refractivity contribution in [1.82, 2.24) is 19.9 Å². The van der Waals surface area contributed by atoms with E-state index in [1.54, 1.807) is 23.5 Å². The molecule has 0 atom stereocenters. The Kier molecular flexibility index (Phi) is 5.52. The molecule has 2 aromatic heterocycles. The van der Waals surface area contributed by atoms with Gasteiger partial charge in [0.25, 0.3) is 0 Å². The Morgan fingerprint density at radius 3 is 2.63 bits per heavy atom. The maximum absolute atomic E-state index is 12.4. The van der Waals surface area contributed by atoms with Crippen LogP contribution in [0, 0.1) is 0 Å². The van der Waals surface area contributed by atoms with E-state index < -0.39 is 0 Å². The lowest BCUT2D eigenvalue weighted by Gasteiger charge is -2.34. The minimum absolute atomic E-state index is 0.191. The van der Waals surface area contributed by atoms with Crippen molar-refractivity contribution in [2.24, 2.45) is 0 Å². The van der Waals surface area contributed by atoms with E-state index in [-0.39, 0.29) is 5.91 Å². The van der Waals surface area contributed by atoms with Gasteiger partial charge in [0, 0.05) is 36.8 Å². The lowest BCUT2D eigenvalue weighted by molar-refractivity contribution is -0.132. The first kappa shape index (κ1) is 18.2. The van der Waals surface area contributed by atoms with E-state index in [2.05, 4.69) is 15.0 Å². The first-order valence-corrected chi connectivity index (χ1v) is 10.1. The minimum atomic E-state index is 0.191. The molecular weight excluding hydrogens is 384 g/mol. The number of piperazine rings is 1. The van der Waals surface area contributed by atoms with Crippen molar-refractivity contribution in [2.75, 3.05) is 26.2 Å². The molecule has 4 rings (SSSR count). The Labute approximate surface area is 166 Å². The van der Waals surface area contributed by atoms with Gasteiger partial charge in [0.2, 0.25) is 17.6 Å². The molecule has 1 aliphatic rings. The van der Waals surface area contributed by atoms with Crippen molar-refractivity contribution in [1.29, 1.82) is 0 Å². The summed E-state index contributed by atoms with van der Waals surface area (Å²) in [5, 5.41) is 8.75. The maximum atomic E-state index is 12.4. The molecule has 27 heavy (non-hydrogen) atoms. The Bertz CT molecular complexity index is 887. The molecule has 1 saturated heterocycles. The van der Waals surface area contributed by atoms with Crippen LogP contribution in [0.4, 0.5) is 0 Å². The number of rotatable bonds is 5. The van der Waals surface area contributed by atoms with Crippen molar-refractivity contribution in [3.05, 3.63) is 57.6 Å². The van der Waals surface area contributed by atoms with E-state index in [1.165, 1.54) is 0 Å². The maximum Gasteiger partial charge on any atom is 0.241 e. The topological polar surface area (TPSA) is 62.5 Å². The fourth-order valence-electron chi connectivity index (χ4n) is 3.06. The van der Waals surface area contributed by atoms with Crippen LogP contribution in [0.2, 0.25) is 5.02 Å². The third kappa shape index (κ3) is 4.55. The van der Waals surface area contributed by atoms with E-state index in [4.69, 9.17) is 16.1 Å². The van der Waals surface area contributed by atoms with E-state index in [0.29, 0.717) is 29.7 Å². The number of carbonyl (C=O) groups is 1. The number of carbonyl (C=O) groups excluding carboxylic acids is 1. The van der Waals surface area contributed by atoms with Crippen LogP contribution in [0.1, 0.15) is 11.5 Å². The Morgan fingerprint density at radius 1 is 1.15 bits per heavy atom. The molecule has 1 amide bonds. The van der Waals surface area contributed by atoms with Crippen molar-refractivity contribution in [3.8, 4) is 11.4 Å². The highest BCUT2D eigenvalue weighted by Crippen LogP contribution is 2.19. The molecule has 1 aromatic carbocycles. The summed E-state index contributed by atoms with van der Waals surface area (Å²) in [7, 11) is 0. The first-order chi connectivity index (χ1) is 13.2. The van der Waals surface area contributed by atoms with E-state index in [9.17, 15) is 4.79 Å². The van der Waals surface area contributed by atoms with Gasteiger partial charge in [0.1, 0.15) is 0 Å². The average Bonchev–Trinajstić information content (AvgIpc) is 3.35. The van der Waals surface area contributed by atoms with Crippen molar-refractivity contribution in [3.63, 3.8) is 0 Å². The summed E-state index contributed by atoms with van der Waals surface area (Å²) in [4.78, 5) is 21.0. The third-order valence-electron chi connectivity index (χ3n) is 4.59. The lowest BCUT2D eigenvalue weighted by atomic mass is 10.2. The standard InChI is InChI=1S/C19H19ClN4O2S/c20-16-3-1-15(2-4-16)19-21-17(26-22-19)12-23-6-8-24(9-7-23)18(25)11-14-5-10-27-13-14/h1-5,10,13H,6-9,11-12H2. The lowest BCUT2D eigenvalue weighted by Crippen LogP contribution is -2.48. The second kappa shape index (κ2) is 8.21. The zero-order valence-electron chi connectivity index (χ0n) is 14.7. The number of hydrogen-bond acceptors (Lipinski definition) is 6. The number of benzene rings is 1. The summed E-state index contributed by atoms with van der Waals surface area (Å²) in [5.74, 6) is 1.33. The number of hydrogen-bond donors (Lipinski definition) is 0. The normalized spacial score (nSPS) is 15.2. The Hall–Kier alpha value is -2.22. The summed E-state index contributed by atoms with van der Waals surface area (Å²) in [6, 6.07) is 9.36. The molecule has 0 spiro atoms. The van der Waals surface area contributed by atoms with Gasteiger partial charge >= 0.3 is 0 Å². The first-order valence-electron chi connectivity index (χ1n) is 8.77. The van der Waals surface area contributed by atoms with Gasteiger partial charge in [-0.2, -0.15) is 16.3 Å². The fourth-order valence-corrected chi connectivity index (χ4v) is 3.86. The second-order valence-electron chi connectivity index (χ2n) is 6.48. The molecule has 0 radical (unpaired) electrons. The molecule has 0 saturated carbocycles. The monoisotopic (exact) mass is 402 g/mol. The largest absolute Gasteiger partial charge is 0.340 e. The van der Waals surface area contributed by atoms with Gasteiger partial charge in [-0.15, -0.1) is 0 Å². The molecule has 0 bridgehead atoms. The molecular formula is C19H19ClN4O2S.